The Morgan fingerprint density at radius 2 is 1.78 bits per heavy atom. The van der Waals surface area contributed by atoms with Gasteiger partial charge in [-0.05, 0) is 75.0 Å². The van der Waals surface area contributed by atoms with E-state index in [4.69, 9.17) is 0 Å². The van der Waals surface area contributed by atoms with Crippen LogP contribution in [-0.2, 0) is 6.42 Å². The van der Waals surface area contributed by atoms with Crippen molar-refractivity contribution in [2.45, 2.75) is 58.4 Å². The van der Waals surface area contributed by atoms with Crippen LogP contribution in [-0.4, -0.2) is 21.0 Å². The summed E-state index contributed by atoms with van der Waals surface area (Å²) in [6.07, 6.45) is 6.74. The molecular formula is C21H26F2N4. The summed E-state index contributed by atoms with van der Waals surface area (Å²) in [5, 5.41) is 3.33. The molecule has 2 saturated carbocycles. The highest BCUT2D eigenvalue weighted by Gasteiger charge is 2.29. The average Bonchev–Trinajstić information content (AvgIpc) is 3.53. The zero-order valence-corrected chi connectivity index (χ0v) is 15.9. The van der Waals surface area contributed by atoms with Crippen LogP contribution >= 0.6 is 0 Å². The predicted molar refractivity (Wildman–Crippen MR) is 101 cm³/mol. The second-order valence-corrected chi connectivity index (χ2v) is 8.15. The number of halogens is 2. The van der Waals surface area contributed by atoms with Gasteiger partial charge in [-0.1, -0.05) is 6.92 Å². The van der Waals surface area contributed by atoms with Crippen molar-refractivity contribution in [1.29, 1.82) is 0 Å². The molecule has 1 N–H and O–H groups in total. The van der Waals surface area contributed by atoms with E-state index in [0.717, 1.165) is 37.0 Å². The Labute approximate surface area is 158 Å². The van der Waals surface area contributed by atoms with Crippen LogP contribution < -0.4 is 5.32 Å². The van der Waals surface area contributed by atoms with E-state index in [1.165, 1.54) is 25.7 Å². The Bertz CT molecular complexity index is 818. The van der Waals surface area contributed by atoms with Gasteiger partial charge in [0, 0.05) is 12.5 Å². The standard InChI is InChI=1S/C21H26F2N4/c1-12(14-4-5-14)3-10-19-25-20(17-11-16(22)8-9-18(17)23)27-21(26-19)24-13(2)15-6-7-15/h8-9,11-15H,3-7,10H2,1-2H3,(H,24,25,26,27)/t12-,13+/m0/s1. The summed E-state index contributed by atoms with van der Waals surface area (Å²) in [5.74, 6) is 2.35. The molecule has 0 spiro atoms. The van der Waals surface area contributed by atoms with Crippen molar-refractivity contribution in [3.63, 3.8) is 0 Å². The van der Waals surface area contributed by atoms with Crippen molar-refractivity contribution in [1.82, 2.24) is 15.0 Å². The van der Waals surface area contributed by atoms with Gasteiger partial charge in [0.05, 0.1) is 5.56 Å². The molecule has 0 radical (unpaired) electrons. The zero-order valence-electron chi connectivity index (χ0n) is 15.9. The number of aromatic nitrogens is 3. The van der Waals surface area contributed by atoms with Crippen LogP contribution in [0.3, 0.4) is 0 Å². The van der Waals surface area contributed by atoms with E-state index in [-0.39, 0.29) is 17.4 Å². The van der Waals surface area contributed by atoms with Crippen LogP contribution in [0.5, 0.6) is 0 Å². The first kappa shape index (κ1) is 18.3. The normalized spacial score (nSPS) is 19.0. The maximum Gasteiger partial charge on any atom is 0.226 e. The van der Waals surface area contributed by atoms with Crippen molar-refractivity contribution in [3.8, 4) is 11.4 Å². The Kier molecular flexibility index (Phi) is 5.06. The van der Waals surface area contributed by atoms with Crippen LogP contribution in [0.1, 0.15) is 51.8 Å². The van der Waals surface area contributed by atoms with E-state index in [2.05, 4.69) is 34.1 Å². The maximum atomic E-state index is 14.3. The Morgan fingerprint density at radius 3 is 2.48 bits per heavy atom. The molecule has 0 unspecified atom stereocenters. The topological polar surface area (TPSA) is 50.7 Å². The quantitative estimate of drug-likeness (QED) is 0.708. The molecule has 6 heteroatoms. The number of hydrogen-bond acceptors (Lipinski definition) is 4. The van der Waals surface area contributed by atoms with Crippen molar-refractivity contribution in [3.05, 3.63) is 35.7 Å². The monoisotopic (exact) mass is 372 g/mol. The van der Waals surface area contributed by atoms with Gasteiger partial charge in [-0.15, -0.1) is 0 Å². The lowest BCUT2D eigenvalue weighted by Crippen LogP contribution is -2.20. The second kappa shape index (κ2) is 7.49. The minimum absolute atomic E-state index is 0.0796. The number of rotatable bonds is 8. The molecule has 0 bridgehead atoms. The smallest absolute Gasteiger partial charge is 0.226 e. The van der Waals surface area contributed by atoms with Crippen LogP contribution in [0.2, 0.25) is 0 Å². The van der Waals surface area contributed by atoms with E-state index in [1.54, 1.807) is 0 Å². The van der Waals surface area contributed by atoms with Gasteiger partial charge in [0.1, 0.15) is 17.5 Å². The van der Waals surface area contributed by atoms with Crippen molar-refractivity contribution in [2.75, 3.05) is 5.32 Å². The van der Waals surface area contributed by atoms with E-state index < -0.39 is 11.6 Å². The fourth-order valence-corrected chi connectivity index (χ4v) is 3.56. The first-order valence-corrected chi connectivity index (χ1v) is 9.96. The molecule has 1 aromatic heterocycles. The van der Waals surface area contributed by atoms with Gasteiger partial charge in [-0.25, -0.2) is 13.8 Å². The fraction of sp³-hybridized carbons (Fsp3) is 0.571. The summed E-state index contributed by atoms with van der Waals surface area (Å²) in [6.45, 7) is 4.37. The fourth-order valence-electron chi connectivity index (χ4n) is 3.56. The largest absolute Gasteiger partial charge is 0.351 e. The highest BCUT2D eigenvalue weighted by atomic mass is 19.1. The van der Waals surface area contributed by atoms with Crippen molar-refractivity contribution >= 4 is 5.95 Å². The maximum absolute atomic E-state index is 14.3. The average molecular weight is 372 g/mol. The number of aryl methyl sites for hydroxylation is 1. The van der Waals surface area contributed by atoms with E-state index >= 15 is 0 Å². The Hall–Kier alpha value is -2.11. The molecule has 27 heavy (non-hydrogen) atoms. The lowest BCUT2D eigenvalue weighted by atomic mass is 10.00. The molecule has 2 atom stereocenters. The number of nitrogens with one attached hydrogen (secondary N) is 1. The minimum atomic E-state index is -0.527. The molecule has 0 saturated heterocycles. The Balaban J connectivity index is 1.61. The SMILES string of the molecule is C[C@@H](CCc1nc(N[C@H](C)C2CC2)nc(-c2cc(F)ccc2F)n1)C1CC1. The summed E-state index contributed by atoms with van der Waals surface area (Å²) < 4.78 is 27.9. The van der Waals surface area contributed by atoms with Crippen molar-refractivity contribution in [2.24, 2.45) is 17.8 Å². The second-order valence-electron chi connectivity index (χ2n) is 8.15. The van der Waals surface area contributed by atoms with Gasteiger partial charge in [-0.2, -0.15) is 9.97 Å². The molecule has 0 amide bonds. The molecule has 2 aliphatic carbocycles. The summed E-state index contributed by atoms with van der Waals surface area (Å²) in [7, 11) is 0. The predicted octanol–water partition coefficient (Wildman–Crippen LogP) is 5.01. The van der Waals surface area contributed by atoms with Gasteiger partial charge < -0.3 is 5.32 Å². The third kappa shape index (κ3) is 4.60. The molecule has 1 aromatic carbocycles. The highest BCUT2D eigenvalue weighted by Crippen LogP contribution is 2.38. The van der Waals surface area contributed by atoms with Gasteiger partial charge in [-0.3, -0.25) is 0 Å². The number of anilines is 1. The minimum Gasteiger partial charge on any atom is -0.351 e. The van der Waals surface area contributed by atoms with Crippen LogP contribution in [0.25, 0.3) is 11.4 Å². The molecule has 4 nitrogen and oxygen atoms in total. The molecule has 144 valence electrons. The molecular weight excluding hydrogens is 346 g/mol. The number of benzene rings is 1. The molecule has 1 heterocycles. The van der Waals surface area contributed by atoms with Gasteiger partial charge in [0.15, 0.2) is 5.82 Å². The van der Waals surface area contributed by atoms with E-state index in [0.29, 0.717) is 23.6 Å². The number of nitrogens with zero attached hydrogens (tertiary/aromatic N) is 3. The van der Waals surface area contributed by atoms with Gasteiger partial charge in [0.25, 0.3) is 0 Å². The van der Waals surface area contributed by atoms with Gasteiger partial charge in [0.2, 0.25) is 5.95 Å². The lowest BCUT2D eigenvalue weighted by molar-refractivity contribution is 0.465. The van der Waals surface area contributed by atoms with Crippen LogP contribution in [0, 0.1) is 29.4 Å². The first-order chi connectivity index (χ1) is 13.0. The summed E-state index contributed by atoms with van der Waals surface area (Å²) in [4.78, 5) is 13.4. The lowest BCUT2D eigenvalue weighted by Gasteiger charge is -2.15. The van der Waals surface area contributed by atoms with Crippen LogP contribution in [0.4, 0.5) is 14.7 Å². The summed E-state index contributed by atoms with van der Waals surface area (Å²) >= 11 is 0. The highest BCUT2D eigenvalue weighted by molar-refractivity contribution is 5.57. The van der Waals surface area contributed by atoms with Crippen LogP contribution in [0.15, 0.2) is 18.2 Å². The molecule has 0 aliphatic heterocycles. The first-order valence-electron chi connectivity index (χ1n) is 9.96. The van der Waals surface area contributed by atoms with Crippen molar-refractivity contribution < 1.29 is 8.78 Å². The third-order valence-corrected chi connectivity index (χ3v) is 5.79. The molecule has 2 fully saturated rings. The van der Waals surface area contributed by atoms with Gasteiger partial charge >= 0.3 is 0 Å². The molecule has 2 aromatic rings. The molecule has 4 rings (SSSR count). The Morgan fingerprint density at radius 1 is 1.04 bits per heavy atom. The summed E-state index contributed by atoms with van der Waals surface area (Å²) in [6, 6.07) is 3.63. The summed E-state index contributed by atoms with van der Waals surface area (Å²) in [5.41, 5.74) is 0.0796. The number of hydrogen-bond donors (Lipinski definition) is 1. The zero-order chi connectivity index (χ0) is 19.0. The molecule has 2 aliphatic rings. The van der Waals surface area contributed by atoms with E-state index in [9.17, 15) is 8.78 Å². The van der Waals surface area contributed by atoms with E-state index in [1.807, 2.05) is 0 Å². The third-order valence-electron chi connectivity index (χ3n) is 5.79.